The SMILES string of the molecule is COc1ccc(Br)cc1CC1=CC(Cl)CC(C)(C)C1. The molecule has 1 aliphatic rings. The zero-order valence-electron chi connectivity index (χ0n) is 11.7. The van der Waals surface area contributed by atoms with Crippen LogP contribution in [0.25, 0.3) is 0 Å². The maximum Gasteiger partial charge on any atom is 0.122 e. The summed E-state index contributed by atoms with van der Waals surface area (Å²) in [7, 11) is 1.72. The summed E-state index contributed by atoms with van der Waals surface area (Å²) in [6.45, 7) is 4.57. The Bertz CT molecular complexity index is 494. The van der Waals surface area contributed by atoms with Crippen LogP contribution in [-0.2, 0) is 6.42 Å². The molecule has 1 aromatic rings. The minimum absolute atomic E-state index is 0.150. The molecule has 104 valence electrons. The normalized spacial score (nSPS) is 21.9. The van der Waals surface area contributed by atoms with E-state index in [1.807, 2.05) is 12.1 Å². The van der Waals surface area contributed by atoms with Crippen molar-refractivity contribution in [1.82, 2.24) is 0 Å². The quantitative estimate of drug-likeness (QED) is 0.530. The first kappa shape index (κ1) is 14.9. The average molecular weight is 344 g/mol. The molecule has 2 rings (SSSR count). The number of alkyl halides is 1. The third-order valence-electron chi connectivity index (χ3n) is 3.53. The Labute approximate surface area is 129 Å². The van der Waals surface area contributed by atoms with Crippen LogP contribution in [-0.4, -0.2) is 12.5 Å². The molecule has 0 saturated carbocycles. The first-order chi connectivity index (χ1) is 8.89. The highest BCUT2D eigenvalue weighted by Gasteiger charge is 2.27. The molecule has 0 spiro atoms. The van der Waals surface area contributed by atoms with E-state index in [2.05, 4.69) is 41.9 Å². The average Bonchev–Trinajstić information content (AvgIpc) is 2.26. The largest absolute Gasteiger partial charge is 0.496 e. The predicted octanol–water partition coefficient (Wildman–Crippen LogP) is 5.35. The van der Waals surface area contributed by atoms with Gasteiger partial charge in [0, 0.05) is 4.47 Å². The number of allylic oxidation sites excluding steroid dienone is 2. The third-order valence-corrected chi connectivity index (χ3v) is 4.30. The van der Waals surface area contributed by atoms with Crippen LogP contribution < -0.4 is 4.74 Å². The van der Waals surface area contributed by atoms with Gasteiger partial charge in [0.15, 0.2) is 0 Å². The van der Waals surface area contributed by atoms with Gasteiger partial charge in [-0.25, -0.2) is 0 Å². The number of hydrogen-bond acceptors (Lipinski definition) is 1. The van der Waals surface area contributed by atoms with Crippen molar-refractivity contribution in [3.63, 3.8) is 0 Å². The molecule has 3 heteroatoms. The van der Waals surface area contributed by atoms with Crippen molar-refractivity contribution >= 4 is 27.5 Å². The highest BCUT2D eigenvalue weighted by atomic mass is 79.9. The Balaban J connectivity index is 2.23. The van der Waals surface area contributed by atoms with Gasteiger partial charge in [0.25, 0.3) is 0 Å². The Morgan fingerprint density at radius 3 is 2.79 bits per heavy atom. The second kappa shape index (κ2) is 5.88. The topological polar surface area (TPSA) is 9.23 Å². The molecule has 19 heavy (non-hydrogen) atoms. The smallest absolute Gasteiger partial charge is 0.122 e. The standard InChI is InChI=1S/C16H20BrClO/c1-16(2)9-11(7-14(18)10-16)6-12-8-13(17)4-5-15(12)19-3/h4-5,7-8,14H,6,9-10H2,1-3H3. The molecule has 0 radical (unpaired) electrons. The van der Waals surface area contributed by atoms with Crippen molar-refractivity contribution < 1.29 is 4.74 Å². The molecule has 0 aliphatic heterocycles. The first-order valence-corrected chi connectivity index (χ1v) is 7.79. The van der Waals surface area contributed by atoms with Crippen LogP contribution in [0.5, 0.6) is 5.75 Å². The zero-order valence-corrected chi connectivity index (χ0v) is 14.0. The number of halogens is 2. The molecule has 0 bridgehead atoms. The van der Waals surface area contributed by atoms with Crippen LogP contribution in [0.3, 0.4) is 0 Å². The molecule has 0 heterocycles. The van der Waals surface area contributed by atoms with Crippen molar-refractivity contribution in [2.75, 3.05) is 7.11 Å². The van der Waals surface area contributed by atoms with Gasteiger partial charge in [-0.1, -0.05) is 41.4 Å². The van der Waals surface area contributed by atoms with Crippen molar-refractivity contribution in [2.24, 2.45) is 5.41 Å². The van der Waals surface area contributed by atoms with Crippen LogP contribution in [0.4, 0.5) is 0 Å². The lowest BCUT2D eigenvalue weighted by atomic mass is 9.76. The van der Waals surface area contributed by atoms with Crippen LogP contribution >= 0.6 is 27.5 Å². The molecule has 0 aromatic heterocycles. The Kier molecular flexibility index (Phi) is 4.62. The third kappa shape index (κ3) is 4.00. The van der Waals surface area contributed by atoms with Crippen LogP contribution in [0, 0.1) is 5.41 Å². The fraction of sp³-hybridized carbons (Fsp3) is 0.500. The first-order valence-electron chi connectivity index (χ1n) is 6.56. The van der Waals surface area contributed by atoms with Gasteiger partial charge < -0.3 is 4.74 Å². The number of hydrogen-bond donors (Lipinski definition) is 0. The maximum atomic E-state index is 6.35. The summed E-state index contributed by atoms with van der Waals surface area (Å²) < 4.78 is 6.52. The van der Waals surface area contributed by atoms with E-state index in [9.17, 15) is 0 Å². The maximum absolute atomic E-state index is 6.35. The summed E-state index contributed by atoms with van der Waals surface area (Å²) in [6.07, 6.45) is 5.28. The van der Waals surface area contributed by atoms with Crippen LogP contribution in [0.2, 0.25) is 0 Å². The Morgan fingerprint density at radius 2 is 2.16 bits per heavy atom. The second-order valence-electron chi connectivity index (χ2n) is 6.02. The molecule has 1 aliphatic carbocycles. The van der Waals surface area contributed by atoms with Gasteiger partial charge in [0.2, 0.25) is 0 Å². The van der Waals surface area contributed by atoms with Crippen molar-refractivity contribution in [2.45, 2.75) is 38.5 Å². The molecular formula is C16H20BrClO. The van der Waals surface area contributed by atoms with E-state index >= 15 is 0 Å². The van der Waals surface area contributed by atoms with Crippen LogP contribution in [0.15, 0.2) is 34.3 Å². The van der Waals surface area contributed by atoms with Gasteiger partial charge in [0.05, 0.1) is 12.5 Å². The number of methoxy groups -OCH3 is 1. The molecular weight excluding hydrogens is 324 g/mol. The molecule has 0 N–H and O–H groups in total. The van der Waals surface area contributed by atoms with E-state index < -0.39 is 0 Å². The number of benzene rings is 1. The van der Waals surface area contributed by atoms with E-state index in [0.717, 1.165) is 29.5 Å². The molecule has 1 nitrogen and oxygen atoms in total. The summed E-state index contributed by atoms with van der Waals surface area (Å²) in [5.41, 5.74) is 2.91. The highest BCUT2D eigenvalue weighted by Crippen LogP contribution is 2.39. The minimum Gasteiger partial charge on any atom is -0.496 e. The van der Waals surface area contributed by atoms with Gasteiger partial charge in [-0.3, -0.25) is 0 Å². The lowest BCUT2D eigenvalue weighted by Crippen LogP contribution is -2.22. The fourth-order valence-corrected chi connectivity index (χ4v) is 3.84. The molecule has 1 aromatic carbocycles. The zero-order chi connectivity index (χ0) is 14.0. The van der Waals surface area contributed by atoms with Gasteiger partial charge in [-0.2, -0.15) is 0 Å². The van der Waals surface area contributed by atoms with Crippen molar-refractivity contribution in [1.29, 1.82) is 0 Å². The molecule has 1 atom stereocenters. The Morgan fingerprint density at radius 1 is 1.42 bits per heavy atom. The number of ether oxygens (including phenoxy) is 1. The number of rotatable bonds is 3. The summed E-state index contributed by atoms with van der Waals surface area (Å²) in [5, 5.41) is 0.150. The van der Waals surface area contributed by atoms with Crippen molar-refractivity contribution in [3.05, 3.63) is 39.9 Å². The molecule has 0 amide bonds. The van der Waals surface area contributed by atoms with E-state index in [1.54, 1.807) is 7.11 Å². The Hall–Kier alpha value is -0.470. The van der Waals surface area contributed by atoms with Crippen LogP contribution in [0.1, 0.15) is 32.3 Å². The second-order valence-corrected chi connectivity index (χ2v) is 7.50. The molecule has 0 saturated heterocycles. The van der Waals surface area contributed by atoms with Gasteiger partial charge in [-0.15, -0.1) is 11.6 Å². The van der Waals surface area contributed by atoms with Crippen molar-refractivity contribution in [3.8, 4) is 5.75 Å². The summed E-state index contributed by atoms with van der Waals surface area (Å²) in [5.74, 6) is 0.943. The molecule has 0 fully saturated rings. The monoisotopic (exact) mass is 342 g/mol. The predicted molar refractivity (Wildman–Crippen MR) is 85.1 cm³/mol. The van der Waals surface area contributed by atoms with Gasteiger partial charge >= 0.3 is 0 Å². The fourth-order valence-electron chi connectivity index (χ4n) is 2.84. The van der Waals surface area contributed by atoms with Gasteiger partial charge in [0.1, 0.15) is 5.75 Å². The van der Waals surface area contributed by atoms with E-state index in [0.29, 0.717) is 0 Å². The highest BCUT2D eigenvalue weighted by molar-refractivity contribution is 9.10. The lowest BCUT2D eigenvalue weighted by molar-refractivity contribution is 0.320. The summed E-state index contributed by atoms with van der Waals surface area (Å²) in [6, 6.07) is 6.14. The van der Waals surface area contributed by atoms with E-state index in [4.69, 9.17) is 16.3 Å². The van der Waals surface area contributed by atoms with E-state index in [-0.39, 0.29) is 10.8 Å². The van der Waals surface area contributed by atoms with E-state index in [1.165, 1.54) is 11.1 Å². The lowest BCUT2D eigenvalue weighted by Gasteiger charge is -2.32. The summed E-state index contributed by atoms with van der Waals surface area (Å²) >= 11 is 9.87. The minimum atomic E-state index is 0.150. The van der Waals surface area contributed by atoms with Gasteiger partial charge in [-0.05, 0) is 48.4 Å². The molecule has 1 unspecified atom stereocenters. The summed E-state index contributed by atoms with van der Waals surface area (Å²) in [4.78, 5) is 0.